The molecule has 5 nitrogen and oxygen atoms in total. The van der Waals surface area contributed by atoms with E-state index in [2.05, 4.69) is 17.0 Å². The number of hydrogen-bond acceptors (Lipinski definition) is 3. The zero-order valence-electron chi connectivity index (χ0n) is 15.1. The summed E-state index contributed by atoms with van der Waals surface area (Å²) >= 11 is 0. The molecule has 1 aliphatic rings. The third-order valence-electron chi connectivity index (χ3n) is 4.87. The first-order chi connectivity index (χ1) is 12.8. The third kappa shape index (κ3) is 5.07. The van der Waals surface area contributed by atoms with Gasteiger partial charge in [0.05, 0.1) is 4.90 Å². The number of carbonyl (C=O) groups excluding carboxylic acids is 1. The summed E-state index contributed by atoms with van der Waals surface area (Å²) in [5.41, 5.74) is 0.820. The Hall–Kier alpha value is -2.41. The largest absolute Gasteiger partial charge is 0.349 e. The molecule has 0 saturated heterocycles. The summed E-state index contributed by atoms with van der Waals surface area (Å²) in [4.78, 5) is 12.3. The van der Waals surface area contributed by atoms with Gasteiger partial charge in [-0.05, 0) is 80.1 Å². The second-order valence-electron chi connectivity index (χ2n) is 7.07. The van der Waals surface area contributed by atoms with E-state index in [0.29, 0.717) is 17.2 Å². The van der Waals surface area contributed by atoms with E-state index in [9.17, 15) is 17.6 Å². The SMILES string of the molecule is CC1CCC(NC(=O)c2ccc(NS(=O)(=O)c3ccc(F)cc3)cc2)CC1. The topological polar surface area (TPSA) is 75.3 Å². The lowest BCUT2D eigenvalue weighted by molar-refractivity contribution is 0.0923. The smallest absolute Gasteiger partial charge is 0.261 e. The number of benzene rings is 2. The van der Waals surface area contributed by atoms with Crippen LogP contribution < -0.4 is 10.0 Å². The minimum atomic E-state index is -3.81. The number of amides is 1. The number of anilines is 1. The Morgan fingerprint density at radius 3 is 2.15 bits per heavy atom. The Balaban J connectivity index is 1.63. The monoisotopic (exact) mass is 390 g/mol. The normalized spacial score (nSPS) is 20.1. The second kappa shape index (κ2) is 8.08. The fraction of sp³-hybridized carbons (Fsp3) is 0.350. The van der Waals surface area contributed by atoms with Crippen molar-refractivity contribution in [3.8, 4) is 0 Å². The van der Waals surface area contributed by atoms with Crippen LogP contribution in [0.4, 0.5) is 10.1 Å². The summed E-state index contributed by atoms with van der Waals surface area (Å²) in [6.45, 7) is 2.23. The van der Waals surface area contributed by atoms with Gasteiger partial charge < -0.3 is 5.32 Å². The highest BCUT2D eigenvalue weighted by molar-refractivity contribution is 7.92. The zero-order valence-corrected chi connectivity index (χ0v) is 15.9. The molecule has 2 N–H and O–H groups in total. The standard InChI is InChI=1S/C20H23FN2O3S/c1-14-2-8-17(9-3-14)22-20(24)15-4-10-18(11-5-15)23-27(25,26)19-12-6-16(21)7-13-19/h4-7,10-14,17,23H,2-3,8-9H2,1H3,(H,22,24). The van der Waals surface area contributed by atoms with Crippen molar-refractivity contribution in [2.45, 2.75) is 43.5 Å². The number of hydrogen-bond donors (Lipinski definition) is 2. The van der Waals surface area contributed by atoms with Crippen molar-refractivity contribution >= 4 is 21.6 Å². The molecule has 0 aliphatic heterocycles. The van der Waals surface area contributed by atoms with Crippen molar-refractivity contribution in [3.05, 3.63) is 59.9 Å². The maximum Gasteiger partial charge on any atom is 0.261 e. The number of rotatable bonds is 5. The zero-order chi connectivity index (χ0) is 19.4. The van der Waals surface area contributed by atoms with E-state index in [-0.39, 0.29) is 16.8 Å². The van der Waals surface area contributed by atoms with Gasteiger partial charge in [0.2, 0.25) is 0 Å². The molecule has 3 rings (SSSR count). The van der Waals surface area contributed by atoms with Gasteiger partial charge in [0, 0.05) is 17.3 Å². The van der Waals surface area contributed by atoms with Crippen LogP contribution in [0.2, 0.25) is 0 Å². The average molecular weight is 390 g/mol. The predicted octanol–water partition coefficient (Wildman–Crippen LogP) is 3.94. The van der Waals surface area contributed by atoms with Crippen molar-refractivity contribution < 1.29 is 17.6 Å². The molecule has 1 amide bonds. The third-order valence-corrected chi connectivity index (χ3v) is 6.27. The fourth-order valence-corrected chi connectivity index (χ4v) is 4.25. The second-order valence-corrected chi connectivity index (χ2v) is 8.75. The van der Waals surface area contributed by atoms with Gasteiger partial charge in [-0.2, -0.15) is 0 Å². The first kappa shape index (κ1) is 19.4. The van der Waals surface area contributed by atoms with Crippen molar-refractivity contribution in [2.24, 2.45) is 5.92 Å². The molecule has 144 valence electrons. The van der Waals surface area contributed by atoms with Gasteiger partial charge in [-0.3, -0.25) is 9.52 Å². The van der Waals surface area contributed by atoms with E-state index in [4.69, 9.17) is 0 Å². The Bertz CT molecular complexity index is 888. The van der Waals surface area contributed by atoms with Gasteiger partial charge >= 0.3 is 0 Å². The summed E-state index contributed by atoms with van der Waals surface area (Å²) in [7, 11) is -3.81. The lowest BCUT2D eigenvalue weighted by Crippen LogP contribution is -2.37. The predicted molar refractivity (Wildman–Crippen MR) is 103 cm³/mol. The Morgan fingerprint density at radius 2 is 1.56 bits per heavy atom. The van der Waals surface area contributed by atoms with Crippen molar-refractivity contribution in [2.75, 3.05) is 4.72 Å². The maximum atomic E-state index is 13.0. The van der Waals surface area contributed by atoms with E-state index in [1.807, 2.05) is 0 Å². The Kier molecular flexibility index (Phi) is 5.79. The lowest BCUT2D eigenvalue weighted by atomic mass is 9.87. The molecule has 7 heteroatoms. The van der Waals surface area contributed by atoms with E-state index >= 15 is 0 Å². The number of carbonyl (C=O) groups is 1. The molecular weight excluding hydrogens is 367 g/mol. The molecule has 0 aromatic heterocycles. The minimum Gasteiger partial charge on any atom is -0.349 e. The van der Waals surface area contributed by atoms with E-state index < -0.39 is 15.8 Å². The highest BCUT2D eigenvalue weighted by Crippen LogP contribution is 2.24. The number of nitrogens with one attached hydrogen (secondary N) is 2. The summed E-state index contributed by atoms with van der Waals surface area (Å²) < 4.78 is 40.0. The first-order valence-corrected chi connectivity index (χ1v) is 10.5. The van der Waals surface area contributed by atoms with Gasteiger partial charge in [-0.15, -0.1) is 0 Å². The molecule has 1 aliphatic carbocycles. The van der Waals surface area contributed by atoms with Gasteiger partial charge in [0.1, 0.15) is 5.82 Å². The van der Waals surface area contributed by atoms with Crippen LogP contribution in [0.3, 0.4) is 0 Å². The molecule has 0 atom stereocenters. The molecule has 0 spiro atoms. The highest BCUT2D eigenvalue weighted by Gasteiger charge is 2.20. The quantitative estimate of drug-likeness (QED) is 0.812. The summed E-state index contributed by atoms with van der Waals surface area (Å²) in [6, 6.07) is 11.0. The van der Waals surface area contributed by atoms with E-state index in [1.165, 1.54) is 12.1 Å². The van der Waals surface area contributed by atoms with Crippen molar-refractivity contribution in [3.63, 3.8) is 0 Å². The Labute approximate surface area is 159 Å². The molecule has 0 unspecified atom stereocenters. The molecule has 1 saturated carbocycles. The van der Waals surface area contributed by atoms with Crippen LogP contribution in [-0.4, -0.2) is 20.4 Å². The maximum absolute atomic E-state index is 13.0. The van der Waals surface area contributed by atoms with Crippen LogP contribution in [0.5, 0.6) is 0 Å². The first-order valence-electron chi connectivity index (χ1n) is 9.03. The van der Waals surface area contributed by atoms with Crippen LogP contribution >= 0.6 is 0 Å². The van der Waals surface area contributed by atoms with Crippen LogP contribution in [0, 0.1) is 11.7 Å². The van der Waals surface area contributed by atoms with Gasteiger partial charge in [0.15, 0.2) is 0 Å². The van der Waals surface area contributed by atoms with Gasteiger partial charge in [-0.1, -0.05) is 6.92 Å². The molecule has 0 bridgehead atoms. The van der Waals surface area contributed by atoms with Crippen LogP contribution in [-0.2, 0) is 10.0 Å². The van der Waals surface area contributed by atoms with Crippen LogP contribution in [0.1, 0.15) is 43.0 Å². The molecular formula is C20H23FN2O3S. The van der Waals surface area contributed by atoms with Gasteiger partial charge in [0.25, 0.3) is 15.9 Å². The molecule has 27 heavy (non-hydrogen) atoms. The minimum absolute atomic E-state index is 0.0303. The molecule has 0 radical (unpaired) electrons. The molecule has 2 aromatic carbocycles. The molecule has 0 heterocycles. The van der Waals surface area contributed by atoms with Crippen molar-refractivity contribution in [1.29, 1.82) is 0 Å². The summed E-state index contributed by atoms with van der Waals surface area (Å²) in [6.07, 6.45) is 4.22. The van der Waals surface area contributed by atoms with Crippen LogP contribution in [0.25, 0.3) is 0 Å². The van der Waals surface area contributed by atoms with E-state index in [1.54, 1.807) is 24.3 Å². The lowest BCUT2D eigenvalue weighted by Gasteiger charge is -2.26. The fourth-order valence-electron chi connectivity index (χ4n) is 3.19. The molecule has 1 fully saturated rings. The Morgan fingerprint density at radius 1 is 0.963 bits per heavy atom. The molecule has 2 aromatic rings. The van der Waals surface area contributed by atoms with E-state index in [0.717, 1.165) is 37.8 Å². The van der Waals surface area contributed by atoms with Gasteiger partial charge in [-0.25, -0.2) is 12.8 Å². The van der Waals surface area contributed by atoms with Crippen LogP contribution in [0.15, 0.2) is 53.4 Å². The number of halogens is 1. The average Bonchev–Trinajstić information content (AvgIpc) is 2.64. The highest BCUT2D eigenvalue weighted by atomic mass is 32.2. The summed E-state index contributed by atoms with van der Waals surface area (Å²) in [5, 5.41) is 3.04. The summed E-state index contributed by atoms with van der Waals surface area (Å²) in [5.74, 6) is 0.0609. The van der Waals surface area contributed by atoms with Crippen molar-refractivity contribution in [1.82, 2.24) is 5.32 Å². The number of sulfonamides is 1.